The molecule has 1 fully saturated rings. The van der Waals surface area contributed by atoms with E-state index in [9.17, 15) is 9.59 Å². The number of pyridine rings is 2. The lowest BCUT2D eigenvalue weighted by molar-refractivity contribution is 0.0941. The zero-order valence-corrected chi connectivity index (χ0v) is 14.1. The van der Waals surface area contributed by atoms with E-state index in [2.05, 4.69) is 20.4 Å². The van der Waals surface area contributed by atoms with Gasteiger partial charge < -0.3 is 10.3 Å². The van der Waals surface area contributed by atoms with Crippen molar-refractivity contribution in [2.75, 3.05) is 0 Å². The number of nitrogens with one attached hydrogen (secondary N) is 2. The predicted molar refractivity (Wildman–Crippen MR) is 93.4 cm³/mol. The van der Waals surface area contributed by atoms with Gasteiger partial charge in [0, 0.05) is 30.9 Å². The van der Waals surface area contributed by atoms with Crippen molar-refractivity contribution < 1.29 is 4.79 Å². The molecule has 0 aromatic carbocycles. The van der Waals surface area contributed by atoms with Gasteiger partial charge in [-0.25, -0.2) is 4.98 Å². The first-order chi connectivity index (χ1) is 12.0. The molecular weight excluding hydrogens is 318 g/mol. The summed E-state index contributed by atoms with van der Waals surface area (Å²) < 4.78 is 1.69. The Balaban J connectivity index is 1.68. The van der Waals surface area contributed by atoms with E-state index in [1.807, 2.05) is 20.0 Å². The molecule has 1 unspecified atom stereocenters. The normalized spacial score (nSPS) is 15.3. The van der Waals surface area contributed by atoms with Gasteiger partial charge in [0.25, 0.3) is 5.91 Å². The van der Waals surface area contributed by atoms with Crippen molar-refractivity contribution >= 4 is 16.9 Å². The molecule has 3 aromatic rings. The molecule has 25 heavy (non-hydrogen) atoms. The van der Waals surface area contributed by atoms with Crippen molar-refractivity contribution in [1.82, 2.24) is 25.1 Å². The van der Waals surface area contributed by atoms with Gasteiger partial charge >= 0.3 is 0 Å². The van der Waals surface area contributed by atoms with Crippen molar-refractivity contribution in [3.8, 4) is 0 Å². The number of amides is 1. The number of aryl methyl sites for hydroxylation is 1. The lowest BCUT2D eigenvalue weighted by Crippen LogP contribution is -2.27. The summed E-state index contributed by atoms with van der Waals surface area (Å²) in [5.41, 5.74) is 2.82. The minimum absolute atomic E-state index is 0.185. The van der Waals surface area contributed by atoms with Crippen LogP contribution in [0.5, 0.6) is 0 Å². The van der Waals surface area contributed by atoms with Gasteiger partial charge in [-0.05, 0) is 37.5 Å². The van der Waals surface area contributed by atoms with Gasteiger partial charge in [-0.15, -0.1) is 0 Å². The van der Waals surface area contributed by atoms with Crippen LogP contribution < -0.4 is 10.9 Å². The van der Waals surface area contributed by atoms with Crippen LogP contribution >= 0.6 is 0 Å². The van der Waals surface area contributed by atoms with Crippen molar-refractivity contribution in [2.24, 2.45) is 7.05 Å². The highest BCUT2D eigenvalue weighted by molar-refractivity contribution is 6.05. The van der Waals surface area contributed by atoms with Crippen LogP contribution in [-0.4, -0.2) is 25.7 Å². The quantitative estimate of drug-likeness (QED) is 0.762. The second kappa shape index (κ2) is 5.84. The minimum atomic E-state index is -0.279. The van der Waals surface area contributed by atoms with Gasteiger partial charge in [0.1, 0.15) is 0 Å². The van der Waals surface area contributed by atoms with Gasteiger partial charge in [-0.1, -0.05) is 0 Å². The van der Waals surface area contributed by atoms with Crippen LogP contribution in [0.1, 0.15) is 53.3 Å². The summed E-state index contributed by atoms with van der Waals surface area (Å²) in [6, 6.07) is 4.88. The average molecular weight is 337 g/mol. The third-order valence-electron chi connectivity index (χ3n) is 4.61. The number of aromatic nitrogens is 4. The van der Waals surface area contributed by atoms with Crippen molar-refractivity contribution in [3.05, 3.63) is 57.8 Å². The van der Waals surface area contributed by atoms with Crippen LogP contribution in [0, 0.1) is 0 Å². The fraction of sp³-hybridized carbons (Fsp3) is 0.333. The van der Waals surface area contributed by atoms with Crippen LogP contribution in [0.25, 0.3) is 11.0 Å². The highest BCUT2D eigenvalue weighted by atomic mass is 16.1. The Hall–Kier alpha value is -2.96. The Labute approximate surface area is 144 Å². The number of rotatable bonds is 4. The monoisotopic (exact) mass is 337 g/mol. The molecule has 0 bridgehead atoms. The summed E-state index contributed by atoms with van der Waals surface area (Å²) in [6.07, 6.45) is 5.48. The predicted octanol–water partition coefficient (Wildman–Crippen LogP) is 2.02. The number of hydrogen-bond donors (Lipinski definition) is 2. The van der Waals surface area contributed by atoms with Gasteiger partial charge in [-0.2, -0.15) is 5.10 Å². The van der Waals surface area contributed by atoms with Crippen molar-refractivity contribution in [2.45, 2.75) is 31.7 Å². The smallest absolute Gasteiger partial charge is 0.252 e. The Morgan fingerprint density at radius 3 is 2.92 bits per heavy atom. The second-order valence-electron chi connectivity index (χ2n) is 6.56. The lowest BCUT2D eigenvalue weighted by Gasteiger charge is -2.15. The third-order valence-corrected chi connectivity index (χ3v) is 4.61. The first-order valence-electron chi connectivity index (χ1n) is 8.35. The summed E-state index contributed by atoms with van der Waals surface area (Å²) in [5, 5.41) is 7.95. The number of aromatic amines is 1. The summed E-state index contributed by atoms with van der Waals surface area (Å²) >= 11 is 0. The van der Waals surface area contributed by atoms with Gasteiger partial charge in [0.2, 0.25) is 5.56 Å². The molecule has 1 saturated carbocycles. The third kappa shape index (κ3) is 2.93. The molecule has 2 N–H and O–H groups in total. The van der Waals surface area contributed by atoms with Crippen molar-refractivity contribution in [3.63, 3.8) is 0 Å². The molecule has 1 atom stereocenters. The number of carbonyl (C=O) groups excluding carboxylic acids is 1. The highest BCUT2D eigenvalue weighted by Crippen LogP contribution is 2.40. The topological polar surface area (TPSA) is 92.7 Å². The molecule has 7 nitrogen and oxygen atoms in total. The van der Waals surface area contributed by atoms with E-state index in [0.29, 0.717) is 11.5 Å². The molecule has 1 amide bonds. The minimum Gasteiger partial charge on any atom is -0.345 e. The molecular formula is C18H19N5O2. The van der Waals surface area contributed by atoms with Crippen LogP contribution in [0.3, 0.4) is 0 Å². The van der Waals surface area contributed by atoms with E-state index in [-0.39, 0.29) is 17.5 Å². The molecule has 0 spiro atoms. The molecule has 7 heteroatoms. The fourth-order valence-electron chi connectivity index (χ4n) is 3.00. The average Bonchev–Trinajstić information content (AvgIpc) is 3.38. The maximum absolute atomic E-state index is 12.9. The fourth-order valence-corrected chi connectivity index (χ4v) is 3.00. The molecule has 1 aliphatic rings. The first kappa shape index (κ1) is 15.6. The van der Waals surface area contributed by atoms with E-state index >= 15 is 0 Å². The Morgan fingerprint density at radius 2 is 2.20 bits per heavy atom. The number of nitrogens with zero attached hydrogens (tertiary/aromatic N) is 3. The van der Waals surface area contributed by atoms with E-state index in [1.54, 1.807) is 23.1 Å². The standard InChI is InChI=1S/C18H19N5O2/c1-10(12-5-6-19-16(24)7-12)21-18(25)13-8-15(11-3-4-11)22-17-14(13)9-20-23(17)2/h5-11H,3-4H2,1-2H3,(H,19,24)(H,21,25). The summed E-state index contributed by atoms with van der Waals surface area (Å²) in [5.74, 6) is 0.256. The van der Waals surface area contributed by atoms with Gasteiger partial charge in [-0.3, -0.25) is 14.3 Å². The zero-order chi connectivity index (χ0) is 17.6. The zero-order valence-electron chi connectivity index (χ0n) is 14.1. The van der Waals surface area contributed by atoms with Gasteiger partial charge in [0.05, 0.1) is 23.2 Å². The van der Waals surface area contributed by atoms with E-state index in [1.165, 1.54) is 6.07 Å². The van der Waals surface area contributed by atoms with E-state index < -0.39 is 0 Å². The molecule has 0 aliphatic heterocycles. The molecule has 4 rings (SSSR count). The second-order valence-corrected chi connectivity index (χ2v) is 6.56. The van der Waals surface area contributed by atoms with Crippen LogP contribution in [-0.2, 0) is 7.05 Å². The first-order valence-corrected chi connectivity index (χ1v) is 8.35. The number of hydrogen-bond acceptors (Lipinski definition) is 4. The number of fused-ring (bicyclic) bond motifs is 1. The highest BCUT2D eigenvalue weighted by Gasteiger charge is 2.28. The molecule has 1 aliphatic carbocycles. The largest absolute Gasteiger partial charge is 0.345 e. The number of carbonyl (C=O) groups is 1. The Bertz CT molecular complexity index is 1020. The maximum Gasteiger partial charge on any atom is 0.252 e. The van der Waals surface area contributed by atoms with Crippen LogP contribution in [0.4, 0.5) is 0 Å². The molecule has 128 valence electrons. The van der Waals surface area contributed by atoms with Crippen LogP contribution in [0.2, 0.25) is 0 Å². The molecule has 0 saturated heterocycles. The summed E-state index contributed by atoms with van der Waals surface area (Å²) in [7, 11) is 1.83. The lowest BCUT2D eigenvalue weighted by atomic mass is 10.1. The van der Waals surface area contributed by atoms with E-state index in [4.69, 9.17) is 0 Å². The maximum atomic E-state index is 12.9. The van der Waals surface area contributed by atoms with Crippen LogP contribution in [0.15, 0.2) is 35.4 Å². The summed E-state index contributed by atoms with van der Waals surface area (Å²) in [6.45, 7) is 1.86. The molecule has 3 aromatic heterocycles. The summed E-state index contributed by atoms with van der Waals surface area (Å²) in [4.78, 5) is 31.6. The Kier molecular flexibility index (Phi) is 3.63. The molecule has 0 radical (unpaired) electrons. The van der Waals surface area contributed by atoms with Gasteiger partial charge in [0.15, 0.2) is 5.65 Å². The molecule has 3 heterocycles. The Morgan fingerprint density at radius 1 is 1.40 bits per heavy atom. The SMILES string of the molecule is CC(NC(=O)c1cc(C2CC2)nc2c1cnn2C)c1cc[nH]c(=O)c1. The van der Waals surface area contributed by atoms with Crippen molar-refractivity contribution in [1.29, 1.82) is 0 Å². The van der Waals surface area contributed by atoms with E-state index in [0.717, 1.165) is 35.1 Å². The number of H-pyrrole nitrogens is 1.